The van der Waals surface area contributed by atoms with E-state index < -0.39 is 0 Å². The van der Waals surface area contributed by atoms with Crippen molar-refractivity contribution in [1.29, 1.82) is 0 Å². The Hall–Kier alpha value is 0. The van der Waals surface area contributed by atoms with Gasteiger partial charge in [0.05, 0.1) is 0 Å². The van der Waals surface area contributed by atoms with Gasteiger partial charge in [-0.05, 0) is 5.92 Å². The Morgan fingerprint density at radius 1 is 0.348 bits per heavy atom. The van der Waals surface area contributed by atoms with E-state index in [4.69, 9.17) is 0 Å². The Kier molecular flexibility index (Phi) is 20.0. The maximum Gasteiger partial charge on any atom is -0.0414 e. The number of hydrogen-bond acceptors (Lipinski definition) is 0. The molecule has 0 aliphatic rings. The van der Waals surface area contributed by atoms with Crippen LogP contribution in [0.3, 0.4) is 0 Å². The van der Waals surface area contributed by atoms with Gasteiger partial charge < -0.3 is 0 Å². The van der Waals surface area contributed by atoms with Crippen molar-refractivity contribution in [2.24, 2.45) is 5.92 Å². The third-order valence-electron chi connectivity index (χ3n) is 5.38. The lowest BCUT2D eigenvalue weighted by Crippen LogP contribution is -2.00. The van der Waals surface area contributed by atoms with Crippen molar-refractivity contribution in [3.05, 3.63) is 0 Å². The summed E-state index contributed by atoms with van der Waals surface area (Å²) in [5, 5.41) is 0. The molecule has 0 saturated heterocycles. The zero-order valence-corrected chi connectivity index (χ0v) is 17.0. The van der Waals surface area contributed by atoms with E-state index in [1.807, 2.05) is 0 Å². The molecule has 0 N–H and O–H groups in total. The zero-order chi connectivity index (χ0) is 17.0. The van der Waals surface area contributed by atoms with Crippen molar-refractivity contribution in [1.82, 2.24) is 0 Å². The molecule has 0 rings (SSSR count). The van der Waals surface area contributed by atoms with Crippen molar-refractivity contribution in [2.45, 2.75) is 143 Å². The Morgan fingerprint density at radius 3 is 1.04 bits per heavy atom. The molecule has 0 bridgehead atoms. The van der Waals surface area contributed by atoms with Crippen LogP contribution in [0, 0.1) is 5.92 Å². The molecule has 0 saturated carbocycles. The van der Waals surface area contributed by atoms with Gasteiger partial charge in [0.15, 0.2) is 0 Å². The minimum absolute atomic E-state index is 1.04. The standard InChI is InChI=1S/C23H48/c1-4-7-9-11-13-14-15-17-19-22-23(20-6-3)21-18-16-12-10-8-5-2/h23H,4-22H2,1-3H3. The highest BCUT2D eigenvalue weighted by molar-refractivity contribution is 4.60. The molecule has 0 spiro atoms. The van der Waals surface area contributed by atoms with Crippen LogP contribution in [-0.4, -0.2) is 0 Å². The maximum atomic E-state index is 2.37. The Labute approximate surface area is 149 Å². The van der Waals surface area contributed by atoms with Crippen molar-refractivity contribution in [2.75, 3.05) is 0 Å². The van der Waals surface area contributed by atoms with Crippen LogP contribution in [0.2, 0.25) is 0 Å². The van der Waals surface area contributed by atoms with Crippen LogP contribution in [0.15, 0.2) is 0 Å². The monoisotopic (exact) mass is 324 g/mol. The summed E-state index contributed by atoms with van der Waals surface area (Å²) in [6.07, 6.45) is 27.8. The average molecular weight is 325 g/mol. The van der Waals surface area contributed by atoms with Gasteiger partial charge in [-0.3, -0.25) is 0 Å². The van der Waals surface area contributed by atoms with Crippen LogP contribution < -0.4 is 0 Å². The van der Waals surface area contributed by atoms with Gasteiger partial charge in [-0.1, -0.05) is 143 Å². The molecule has 0 amide bonds. The molecule has 0 aliphatic heterocycles. The summed E-state index contributed by atoms with van der Waals surface area (Å²) in [4.78, 5) is 0. The van der Waals surface area contributed by atoms with E-state index >= 15 is 0 Å². The lowest BCUT2D eigenvalue weighted by molar-refractivity contribution is 0.377. The Morgan fingerprint density at radius 2 is 0.696 bits per heavy atom. The second kappa shape index (κ2) is 20.0. The van der Waals surface area contributed by atoms with Gasteiger partial charge in [0.25, 0.3) is 0 Å². The highest BCUT2D eigenvalue weighted by atomic mass is 14.1. The molecule has 0 aromatic rings. The number of rotatable bonds is 19. The second-order valence-corrected chi connectivity index (χ2v) is 7.83. The first-order valence-electron chi connectivity index (χ1n) is 11.3. The van der Waals surface area contributed by atoms with E-state index in [2.05, 4.69) is 20.8 Å². The van der Waals surface area contributed by atoms with Crippen molar-refractivity contribution >= 4 is 0 Å². The molecule has 1 atom stereocenters. The van der Waals surface area contributed by atoms with Gasteiger partial charge >= 0.3 is 0 Å². The van der Waals surface area contributed by atoms with Gasteiger partial charge in [0.1, 0.15) is 0 Å². The SMILES string of the molecule is CCCCCCCCCCCC(CCC)CCCCCCCC. The average Bonchev–Trinajstić information content (AvgIpc) is 2.56. The molecule has 0 heteroatoms. The van der Waals surface area contributed by atoms with E-state index in [-0.39, 0.29) is 0 Å². The van der Waals surface area contributed by atoms with Crippen LogP contribution in [0.25, 0.3) is 0 Å². The van der Waals surface area contributed by atoms with Gasteiger partial charge in [0.2, 0.25) is 0 Å². The molecular formula is C23H48. The molecular weight excluding hydrogens is 276 g/mol. The molecule has 0 nitrogen and oxygen atoms in total. The first-order valence-corrected chi connectivity index (χ1v) is 11.3. The lowest BCUT2D eigenvalue weighted by atomic mass is 9.90. The molecule has 140 valence electrons. The minimum Gasteiger partial charge on any atom is -0.0654 e. The second-order valence-electron chi connectivity index (χ2n) is 7.83. The highest BCUT2D eigenvalue weighted by Gasteiger charge is 2.07. The minimum atomic E-state index is 1.04. The van der Waals surface area contributed by atoms with Crippen molar-refractivity contribution in [3.8, 4) is 0 Å². The highest BCUT2D eigenvalue weighted by Crippen LogP contribution is 2.23. The normalized spacial score (nSPS) is 12.7. The summed E-state index contributed by atoms with van der Waals surface area (Å²) in [6, 6.07) is 0. The lowest BCUT2D eigenvalue weighted by Gasteiger charge is -2.16. The summed E-state index contributed by atoms with van der Waals surface area (Å²) in [7, 11) is 0. The maximum absolute atomic E-state index is 2.37. The predicted molar refractivity (Wildman–Crippen MR) is 108 cm³/mol. The quantitative estimate of drug-likeness (QED) is 0.208. The van der Waals surface area contributed by atoms with Crippen molar-refractivity contribution in [3.63, 3.8) is 0 Å². The summed E-state index contributed by atoms with van der Waals surface area (Å²) in [5.41, 5.74) is 0. The fourth-order valence-corrected chi connectivity index (χ4v) is 3.80. The fraction of sp³-hybridized carbons (Fsp3) is 1.00. The molecule has 0 aliphatic carbocycles. The molecule has 23 heavy (non-hydrogen) atoms. The molecule has 0 aromatic heterocycles. The van der Waals surface area contributed by atoms with E-state index in [0.717, 1.165) is 5.92 Å². The van der Waals surface area contributed by atoms with Crippen LogP contribution in [-0.2, 0) is 0 Å². The fourth-order valence-electron chi connectivity index (χ4n) is 3.80. The van der Waals surface area contributed by atoms with Crippen LogP contribution in [0.4, 0.5) is 0 Å². The largest absolute Gasteiger partial charge is 0.0654 e. The smallest absolute Gasteiger partial charge is 0.0414 e. The Balaban J connectivity index is 3.42. The van der Waals surface area contributed by atoms with Gasteiger partial charge in [-0.25, -0.2) is 0 Å². The first kappa shape index (κ1) is 23.0. The predicted octanol–water partition coefficient (Wildman–Crippen LogP) is 9.07. The topological polar surface area (TPSA) is 0 Å². The number of hydrogen-bond donors (Lipinski definition) is 0. The summed E-state index contributed by atoms with van der Waals surface area (Å²) < 4.78 is 0. The van der Waals surface area contributed by atoms with Gasteiger partial charge in [0, 0.05) is 0 Å². The molecule has 1 unspecified atom stereocenters. The van der Waals surface area contributed by atoms with E-state index in [0.29, 0.717) is 0 Å². The van der Waals surface area contributed by atoms with Crippen LogP contribution in [0.1, 0.15) is 143 Å². The summed E-state index contributed by atoms with van der Waals surface area (Å²) >= 11 is 0. The van der Waals surface area contributed by atoms with E-state index in [1.54, 1.807) is 0 Å². The van der Waals surface area contributed by atoms with Crippen LogP contribution >= 0.6 is 0 Å². The first-order chi connectivity index (χ1) is 11.3. The third kappa shape index (κ3) is 18.2. The molecule has 0 fully saturated rings. The summed E-state index contributed by atoms with van der Waals surface area (Å²) in [6.45, 7) is 6.98. The van der Waals surface area contributed by atoms with Gasteiger partial charge in [-0.15, -0.1) is 0 Å². The summed E-state index contributed by atoms with van der Waals surface area (Å²) in [5.74, 6) is 1.04. The third-order valence-corrected chi connectivity index (χ3v) is 5.38. The zero-order valence-electron chi connectivity index (χ0n) is 17.0. The molecule has 0 aromatic carbocycles. The molecule has 0 heterocycles. The van der Waals surface area contributed by atoms with Gasteiger partial charge in [-0.2, -0.15) is 0 Å². The molecule has 0 radical (unpaired) electrons. The number of unbranched alkanes of at least 4 members (excludes halogenated alkanes) is 13. The van der Waals surface area contributed by atoms with Crippen molar-refractivity contribution < 1.29 is 0 Å². The van der Waals surface area contributed by atoms with E-state index in [1.165, 1.54) is 122 Å². The Bertz CT molecular complexity index is 196. The van der Waals surface area contributed by atoms with E-state index in [9.17, 15) is 0 Å². The van der Waals surface area contributed by atoms with Crippen LogP contribution in [0.5, 0.6) is 0 Å².